The molecule has 6 nitrogen and oxygen atoms in total. The number of aryl methyl sites for hydroxylation is 2. The van der Waals surface area contributed by atoms with E-state index in [4.69, 9.17) is 9.15 Å². The Labute approximate surface area is 180 Å². The van der Waals surface area contributed by atoms with Crippen LogP contribution < -0.4 is 0 Å². The zero-order chi connectivity index (χ0) is 21.1. The minimum absolute atomic E-state index is 0.210. The van der Waals surface area contributed by atoms with Gasteiger partial charge in [-0.3, -0.25) is 19.4 Å². The van der Waals surface area contributed by atoms with Crippen LogP contribution in [0.1, 0.15) is 22.5 Å². The van der Waals surface area contributed by atoms with E-state index in [9.17, 15) is 9.59 Å². The molecule has 7 heteroatoms. The summed E-state index contributed by atoms with van der Waals surface area (Å²) in [6.07, 6.45) is 1.62. The van der Waals surface area contributed by atoms with Crippen LogP contribution >= 0.6 is 11.8 Å². The minimum atomic E-state index is -0.210. The largest absolute Gasteiger partial charge is 0.468 e. The first-order valence-electron chi connectivity index (χ1n) is 10.2. The van der Waals surface area contributed by atoms with E-state index in [0.717, 1.165) is 35.5 Å². The number of rotatable bonds is 7. The molecule has 1 saturated heterocycles. The number of imide groups is 1. The first-order valence-corrected chi connectivity index (χ1v) is 11.2. The lowest BCUT2D eigenvalue weighted by atomic mass is 10.0. The first kappa shape index (κ1) is 20.9. The molecule has 30 heavy (non-hydrogen) atoms. The highest BCUT2D eigenvalue weighted by Crippen LogP contribution is 2.38. The van der Waals surface area contributed by atoms with Crippen molar-refractivity contribution in [3.05, 3.63) is 64.0 Å². The van der Waals surface area contributed by atoms with Gasteiger partial charge in [-0.1, -0.05) is 18.2 Å². The highest BCUT2D eigenvalue weighted by atomic mass is 32.2. The molecule has 2 amide bonds. The molecule has 1 aromatic carbocycles. The Morgan fingerprint density at radius 2 is 1.80 bits per heavy atom. The second-order valence-corrected chi connectivity index (χ2v) is 8.57. The molecule has 0 spiro atoms. The van der Waals surface area contributed by atoms with Gasteiger partial charge in [-0.2, -0.15) is 0 Å². The molecule has 0 bridgehead atoms. The maximum atomic E-state index is 13.3. The number of thioether (sulfide) groups is 1. The second-order valence-electron chi connectivity index (χ2n) is 7.59. The number of carbonyl (C=O) groups is 2. The highest BCUT2D eigenvalue weighted by Gasteiger charge is 2.39. The summed E-state index contributed by atoms with van der Waals surface area (Å²) in [7, 11) is 0. The Hall–Kier alpha value is -2.35. The smallest absolute Gasteiger partial charge is 0.268 e. The molecule has 1 fully saturated rings. The number of benzene rings is 1. The maximum absolute atomic E-state index is 13.3. The molecular weight excluding hydrogens is 400 g/mol. The SMILES string of the molecule is Cc1ccc(C2=C(SCc3ccco3)C(=O)N(CCN3CCOCC3)C2=O)cc1C. The summed E-state index contributed by atoms with van der Waals surface area (Å²) >= 11 is 1.37. The topological polar surface area (TPSA) is 63.0 Å². The molecule has 0 aliphatic carbocycles. The third-order valence-corrected chi connectivity index (χ3v) is 6.70. The average Bonchev–Trinajstić information content (AvgIpc) is 3.34. The van der Waals surface area contributed by atoms with Crippen LogP contribution in [0.5, 0.6) is 0 Å². The van der Waals surface area contributed by atoms with Gasteiger partial charge in [0, 0.05) is 26.2 Å². The van der Waals surface area contributed by atoms with Crippen LogP contribution in [-0.2, 0) is 20.1 Å². The van der Waals surface area contributed by atoms with Gasteiger partial charge in [-0.05, 0) is 42.7 Å². The summed E-state index contributed by atoms with van der Waals surface area (Å²) in [4.78, 5) is 30.7. The summed E-state index contributed by atoms with van der Waals surface area (Å²) in [5.41, 5.74) is 3.56. The number of nitrogens with zero attached hydrogens (tertiary/aromatic N) is 2. The summed E-state index contributed by atoms with van der Waals surface area (Å²) in [6.45, 7) is 8.15. The molecule has 2 aliphatic rings. The van der Waals surface area contributed by atoms with E-state index in [1.165, 1.54) is 16.7 Å². The van der Waals surface area contributed by atoms with Gasteiger partial charge in [-0.15, -0.1) is 11.8 Å². The third-order valence-electron chi connectivity index (χ3n) is 5.60. The quantitative estimate of drug-likeness (QED) is 0.634. The van der Waals surface area contributed by atoms with Crippen LogP contribution in [0.25, 0.3) is 5.57 Å². The van der Waals surface area contributed by atoms with Gasteiger partial charge in [0.15, 0.2) is 0 Å². The van der Waals surface area contributed by atoms with Gasteiger partial charge in [0.05, 0.1) is 35.7 Å². The van der Waals surface area contributed by atoms with Crippen molar-refractivity contribution in [2.24, 2.45) is 0 Å². The molecule has 4 rings (SSSR count). The van der Waals surface area contributed by atoms with Gasteiger partial charge in [0.25, 0.3) is 11.8 Å². The molecule has 3 heterocycles. The zero-order valence-electron chi connectivity index (χ0n) is 17.3. The zero-order valence-corrected chi connectivity index (χ0v) is 18.2. The van der Waals surface area contributed by atoms with Crippen molar-refractivity contribution in [1.29, 1.82) is 0 Å². The van der Waals surface area contributed by atoms with Crippen LogP contribution in [0.3, 0.4) is 0 Å². The first-order chi connectivity index (χ1) is 14.5. The fraction of sp³-hybridized carbons (Fsp3) is 0.391. The summed E-state index contributed by atoms with van der Waals surface area (Å²) in [5, 5.41) is 0. The molecule has 2 aliphatic heterocycles. The number of hydrogen-bond donors (Lipinski definition) is 0. The number of amides is 2. The summed E-state index contributed by atoms with van der Waals surface area (Å²) < 4.78 is 10.8. The average molecular weight is 427 g/mol. The van der Waals surface area contributed by atoms with Gasteiger partial charge in [-0.25, -0.2) is 0 Å². The van der Waals surface area contributed by atoms with Gasteiger partial charge < -0.3 is 9.15 Å². The third kappa shape index (κ3) is 4.38. The summed E-state index contributed by atoms with van der Waals surface area (Å²) in [6, 6.07) is 9.63. The second kappa shape index (κ2) is 9.20. The number of carbonyl (C=O) groups excluding carboxylic acids is 2. The van der Waals surface area contributed by atoms with Crippen molar-refractivity contribution in [1.82, 2.24) is 9.80 Å². The molecule has 158 valence electrons. The molecule has 0 unspecified atom stereocenters. The number of hydrogen-bond acceptors (Lipinski definition) is 6. The Bertz CT molecular complexity index is 962. The molecular formula is C23H26N2O4S. The fourth-order valence-electron chi connectivity index (χ4n) is 3.65. The van der Waals surface area contributed by atoms with Gasteiger partial charge in [0.1, 0.15) is 5.76 Å². The predicted molar refractivity (Wildman–Crippen MR) is 117 cm³/mol. The van der Waals surface area contributed by atoms with E-state index in [1.807, 2.05) is 44.2 Å². The van der Waals surface area contributed by atoms with Crippen molar-refractivity contribution < 1.29 is 18.7 Å². The van der Waals surface area contributed by atoms with E-state index in [1.54, 1.807) is 6.26 Å². The number of furan rings is 1. The van der Waals surface area contributed by atoms with Crippen LogP contribution in [0.2, 0.25) is 0 Å². The van der Waals surface area contributed by atoms with E-state index in [0.29, 0.717) is 42.5 Å². The Morgan fingerprint density at radius 1 is 1.00 bits per heavy atom. The van der Waals surface area contributed by atoms with Crippen LogP contribution in [0, 0.1) is 13.8 Å². The molecule has 0 N–H and O–H groups in total. The van der Waals surface area contributed by atoms with Crippen molar-refractivity contribution >= 4 is 29.1 Å². The molecule has 0 atom stereocenters. The molecule has 1 aromatic heterocycles. The standard InChI is InChI=1S/C23H26N2O4S/c1-16-5-6-18(14-17(16)2)20-21(30-15-19-4-3-11-29-19)23(27)25(22(20)26)8-7-24-9-12-28-13-10-24/h3-6,11,14H,7-10,12-13,15H2,1-2H3. The highest BCUT2D eigenvalue weighted by molar-refractivity contribution is 8.03. The minimum Gasteiger partial charge on any atom is -0.468 e. The number of morpholine rings is 1. The normalized spacial score (nSPS) is 18.0. The van der Waals surface area contributed by atoms with Crippen molar-refractivity contribution in [2.75, 3.05) is 39.4 Å². The van der Waals surface area contributed by atoms with Crippen molar-refractivity contribution in [2.45, 2.75) is 19.6 Å². The Balaban J connectivity index is 1.58. The molecule has 0 radical (unpaired) electrons. The lowest BCUT2D eigenvalue weighted by Crippen LogP contribution is -2.43. The van der Waals surface area contributed by atoms with E-state index >= 15 is 0 Å². The van der Waals surface area contributed by atoms with Crippen molar-refractivity contribution in [3.8, 4) is 0 Å². The lowest BCUT2D eigenvalue weighted by molar-refractivity contribution is -0.136. The van der Waals surface area contributed by atoms with Crippen LogP contribution in [0.4, 0.5) is 0 Å². The maximum Gasteiger partial charge on any atom is 0.268 e. The summed E-state index contributed by atoms with van der Waals surface area (Å²) in [5.74, 6) is 0.864. The van der Waals surface area contributed by atoms with E-state index < -0.39 is 0 Å². The Morgan fingerprint density at radius 3 is 2.50 bits per heavy atom. The monoisotopic (exact) mass is 426 g/mol. The predicted octanol–water partition coefficient (Wildman–Crippen LogP) is 3.24. The van der Waals surface area contributed by atoms with E-state index in [2.05, 4.69) is 4.90 Å². The number of ether oxygens (including phenoxy) is 1. The van der Waals surface area contributed by atoms with E-state index in [-0.39, 0.29) is 11.8 Å². The van der Waals surface area contributed by atoms with Crippen LogP contribution in [0.15, 0.2) is 45.9 Å². The van der Waals surface area contributed by atoms with Gasteiger partial charge >= 0.3 is 0 Å². The molecule has 2 aromatic rings. The van der Waals surface area contributed by atoms with Crippen molar-refractivity contribution in [3.63, 3.8) is 0 Å². The lowest BCUT2D eigenvalue weighted by Gasteiger charge is -2.28. The van der Waals surface area contributed by atoms with Crippen LogP contribution in [-0.4, -0.2) is 61.0 Å². The van der Waals surface area contributed by atoms with Gasteiger partial charge in [0.2, 0.25) is 0 Å². The fourth-order valence-corrected chi connectivity index (χ4v) is 4.68. The Kier molecular flexibility index (Phi) is 6.41. The molecule has 0 saturated carbocycles.